The molecule has 1 unspecified atom stereocenters. The van der Waals surface area contributed by atoms with Gasteiger partial charge in [0.05, 0.1) is 6.61 Å². The van der Waals surface area contributed by atoms with Gasteiger partial charge in [-0.15, -0.1) is 0 Å². The number of aryl methyl sites for hydroxylation is 2. The Labute approximate surface area is 340 Å². The molecule has 55 heavy (non-hydrogen) atoms. The van der Waals surface area contributed by atoms with Gasteiger partial charge in [0.1, 0.15) is 24.6 Å². The van der Waals surface area contributed by atoms with Gasteiger partial charge in [0, 0.05) is 18.6 Å². The summed E-state index contributed by atoms with van der Waals surface area (Å²) in [6.45, 7) is 11.0. The number of rotatable bonds is 38. The van der Waals surface area contributed by atoms with E-state index in [1.165, 1.54) is 161 Å². The molecule has 5 nitrogen and oxygen atoms in total. The van der Waals surface area contributed by atoms with Crippen LogP contribution in [-0.2, 0) is 17.9 Å². The first-order valence-corrected chi connectivity index (χ1v) is 23.7. The molecule has 5 heteroatoms. The van der Waals surface area contributed by atoms with Gasteiger partial charge in [-0.2, -0.15) is 0 Å². The number of hydrogen-bond donors (Lipinski definition) is 1. The van der Waals surface area contributed by atoms with Gasteiger partial charge < -0.3 is 14.8 Å². The Bertz CT molecular complexity index is 1180. The van der Waals surface area contributed by atoms with Gasteiger partial charge in [-0.25, -0.2) is 4.57 Å². The summed E-state index contributed by atoms with van der Waals surface area (Å²) in [7, 11) is 0. The van der Waals surface area contributed by atoms with Gasteiger partial charge in [-0.05, 0) is 49.9 Å². The maximum atomic E-state index is 13.6. The first-order valence-electron chi connectivity index (χ1n) is 23.7. The molecule has 0 radical (unpaired) electrons. The number of aromatic nitrogens is 1. The molecule has 0 spiro atoms. The highest BCUT2D eigenvalue weighted by Gasteiger charge is 2.22. The molecule has 0 saturated carbocycles. The smallest absolute Gasteiger partial charge is 0.261 e. The fraction of sp³-hybridized carbons (Fsp3) is 0.760. The van der Waals surface area contributed by atoms with Crippen molar-refractivity contribution in [1.29, 1.82) is 0 Å². The molecular weight excluding hydrogens is 677 g/mol. The standard InChI is InChI=1S/C50H86N2O3/c1-5-8-10-12-14-16-18-20-22-24-26-28-30-32-37-49(50(53)51-44-46-36-33-34-41-52(46)40-7-3)55-48-39-38-47(43-45(48)4)54-42-35-31-29-27-25-23-21-19-17-15-13-11-9-6-2/h33-34,36,38-39,41,43,49H,5-32,35,37,40,42,44H2,1-4H3/p+1. The third-order valence-electron chi connectivity index (χ3n) is 11.2. The number of pyridine rings is 1. The number of hydrogen-bond acceptors (Lipinski definition) is 3. The Morgan fingerprint density at radius 1 is 0.600 bits per heavy atom. The topological polar surface area (TPSA) is 51.4 Å². The fourth-order valence-corrected chi connectivity index (χ4v) is 7.67. The summed E-state index contributed by atoms with van der Waals surface area (Å²) in [6.07, 6.45) is 40.9. The molecule has 314 valence electrons. The van der Waals surface area contributed by atoms with Crippen molar-refractivity contribution < 1.29 is 18.8 Å². The monoisotopic (exact) mass is 764 g/mol. The number of nitrogens with one attached hydrogen (secondary N) is 1. The van der Waals surface area contributed by atoms with Crippen LogP contribution in [0.1, 0.15) is 225 Å². The van der Waals surface area contributed by atoms with Crippen LogP contribution in [0.2, 0.25) is 0 Å². The lowest BCUT2D eigenvalue weighted by Crippen LogP contribution is -2.43. The number of ether oxygens (including phenoxy) is 2. The lowest BCUT2D eigenvalue weighted by molar-refractivity contribution is -0.704. The number of carbonyl (C=O) groups is 1. The van der Waals surface area contributed by atoms with Gasteiger partial charge in [0.15, 0.2) is 12.3 Å². The third kappa shape index (κ3) is 25.3. The largest absolute Gasteiger partial charge is 0.494 e. The van der Waals surface area contributed by atoms with Crippen molar-refractivity contribution in [2.45, 2.75) is 240 Å². The van der Waals surface area contributed by atoms with Crippen LogP contribution in [-0.4, -0.2) is 18.6 Å². The van der Waals surface area contributed by atoms with Crippen LogP contribution in [0.5, 0.6) is 11.5 Å². The Kier molecular flexibility index (Phi) is 30.6. The summed E-state index contributed by atoms with van der Waals surface area (Å²) < 4.78 is 14.9. The van der Waals surface area contributed by atoms with Gasteiger partial charge in [0.25, 0.3) is 5.91 Å². The second-order valence-electron chi connectivity index (χ2n) is 16.5. The molecule has 0 aliphatic rings. The molecule has 1 heterocycles. The lowest BCUT2D eigenvalue weighted by atomic mass is 10.0. The Morgan fingerprint density at radius 2 is 1.09 bits per heavy atom. The molecule has 0 bridgehead atoms. The predicted octanol–water partition coefficient (Wildman–Crippen LogP) is 14.5. The van der Waals surface area contributed by atoms with Crippen molar-refractivity contribution in [1.82, 2.24) is 5.32 Å². The number of amides is 1. The van der Waals surface area contributed by atoms with Gasteiger partial charge in [-0.3, -0.25) is 4.79 Å². The number of unbranched alkanes of at least 4 members (excludes halogenated alkanes) is 26. The Balaban J connectivity index is 1.73. The summed E-state index contributed by atoms with van der Waals surface area (Å²) in [6, 6.07) is 12.3. The molecule has 0 aliphatic heterocycles. The molecule has 0 saturated heterocycles. The zero-order chi connectivity index (χ0) is 39.4. The van der Waals surface area contributed by atoms with Crippen molar-refractivity contribution in [3.05, 3.63) is 53.9 Å². The minimum absolute atomic E-state index is 0.0286. The summed E-state index contributed by atoms with van der Waals surface area (Å²) >= 11 is 0. The Hall–Kier alpha value is -2.56. The summed E-state index contributed by atoms with van der Waals surface area (Å²) in [5.74, 6) is 1.63. The second kappa shape index (κ2) is 34.7. The number of benzene rings is 1. The molecule has 1 aromatic heterocycles. The van der Waals surface area contributed by atoms with E-state index >= 15 is 0 Å². The van der Waals surface area contributed by atoms with Crippen LogP contribution < -0.4 is 19.4 Å². The fourth-order valence-electron chi connectivity index (χ4n) is 7.67. The summed E-state index contributed by atoms with van der Waals surface area (Å²) in [5, 5.41) is 3.21. The third-order valence-corrected chi connectivity index (χ3v) is 11.2. The molecular formula is C50H87N2O3+. The Morgan fingerprint density at radius 3 is 1.58 bits per heavy atom. The molecule has 0 fully saturated rings. The van der Waals surface area contributed by atoms with Crippen molar-refractivity contribution in [3.63, 3.8) is 0 Å². The molecule has 2 rings (SSSR count). The summed E-state index contributed by atoms with van der Waals surface area (Å²) in [5.41, 5.74) is 2.13. The van der Waals surface area contributed by atoms with Crippen LogP contribution in [0.3, 0.4) is 0 Å². The minimum atomic E-state index is -0.512. The van der Waals surface area contributed by atoms with Gasteiger partial charge in [0.2, 0.25) is 5.69 Å². The van der Waals surface area contributed by atoms with E-state index in [2.05, 4.69) is 62.0 Å². The summed E-state index contributed by atoms with van der Waals surface area (Å²) in [4.78, 5) is 13.6. The maximum Gasteiger partial charge on any atom is 0.261 e. The van der Waals surface area contributed by atoms with E-state index in [4.69, 9.17) is 9.47 Å². The molecule has 1 N–H and O–H groups in total. The van der Waals surface area contributed by atoms with Crippen molar-refractivity contribution in [2.75, 3.05) is 6.61 Å². The molecule has 0 aliphatic carbocycles. The zero-order valence-corrected chi connectivity index (χ0v) is 36.6. The molecule has 1 amide bonds. The number of carbonyl (C=O) groups excluding carboxylic acids is 1. The lowest BCUT2D eigenvalue weighted by Gasteiger charge is -2.20. The van der Waals surface area contributed by atoms with E-state index in [0.717, 1.165) is 68.0 Å². The SMILES string of the molecule is CCCCCCCCCCCCCCCCOc1ccc(OC(CCCCCCCCCCCCCCCC)C(=O)NCc2cccc[n+]2CCC)c(C)c1. The van der Waals surface area contributed by atoms with Gasteiger partial charge >= 0.3 is 0 Å². The normalized spacial score (nSPS) is 11.9. The highest BCUT2D eigenvalue weighted by Crippen LogP contribution is 2.26. The van der Waals surface area contributed by atoms with Crippen molar-refractivity contribution in [2.24, 2.45) is 0 Å². The van der Waals surface area contributed by atoms with Crippen LogP contribution in [0.25, 0.3) is 0 Å². The van der Waals surface area contributed by atoms with E-state index in [-0.39, 0.29) is 5.91 Å². The van der Waals surface area contributed by atoms with Crippen LogP contribution >= 0.6 is 0 Å². The first kappa shape index (κ1) is 48.6. The molecule has 2 aromatic rings. The van der Waals surface area contributed by atoms with E-state index in [1.807, 2.05) is 18.2 Å². The molecule has 1 atom stereocenters. The van der Waals surface area contributed by atoms with E-state index in [1.54, 1.807) is 0 Å². The average molecular weight is 764 g/mol. The van der Waals surface area contributed by atoms with Crippen molar-refractivity contribution in [3.8, 4) is 11.5 Å². The van der Waals surface area contributed by atoms with E-state index in [9.17, 15) is 4.79 Å². The zero-order valence-electron chi connectivity index (χ0n) is 36.6. The average Bonchev–Trinajstić information content (AvgIpc) is 3.19. The quantitative estimate of drug-likeness (QED) is 0.0547. The van der Waals surface area contributed by atoms with Crippen LogP contribution in [0.15, 0.2) is 42.6 Å². The first-order chi connectivity index (χ1) is 27.1. The predicted molar refractivity (Wildman–Crippen MR) is 235 cm³/mol. The van der Waals surface area contributed by atoms with E-state index in [0.29, 0.717) is 6.54 Å². The van der Waals surface area contributed by atoms with Crippen LogP contribution in [0, 0.1) is 6.92 Å². The maximum absolute atomic E-state index is 13.6. The van der Waals surface area contributed by atoms with Gasteiger partial charge in [-0.1, -0.05) is 194 Å². The van der Waals surface area contributed by atoms with E-state index < -0.39 is 6.10 Å². The highest BCUT2D eigenvalue weighted by atomic mass is 16.5. The number of nitrogens with zero attached hydrogens (tertiary/aromatic N) is 1. The molecule has 1 aromatic carbocycles. The minimum Gasteiger partial charge on any atom is -0.494 e. The highest BCUT2D eigenvalue weighted by molar-refractivity contribution is 5.81. The van der Waals surface area contributed by atoms with Crippen LogP contribution in [0.4, 0.5) is 0 Å². The second-order valence-corrected chi connectivity index (χ2v) is 16.5. The van der Waals surface area contributed by atoms with Crippen molar-refractivity contribution >= 4 is 5.91 Å².